The lowest BCUT2D eigenvalue weighted by molar-refractivity contribution is 0.442. The van der Waals surface area contributed by atoms with Gasteiger partial charge in [0.1, 0.15) is 11.6 Å². The molecule has 3 N–H and O–H groups in total. The lowest BCUT2D eigenvalue weighted by Crippen LogP contribution is -2.36. The van der Waals surface area contributed by atoms with Crippen LogP contribution in [0, 0.1) is 20.8 Å². The molecule has 0 amide bonds. The van der Waals surface area contributed by atoms with Crippen LogP contribution in [0.4, 0.5) is 5.95 Å². The van der Waals surface area contributed by atoms with Crippen LogP contribution in [0.25, 0.3) is 5.69 Å². The van der Waals surface area contributed by atoms with Crippen LogP contribution in [0.1, 0.15) is 42.3 Å². The summed E-state index contributed by atoms with van der Waals surface area (Å²) in [6.45, 7) is 5.66. The van der Waals surface area contributed by atoms with Crippen molar-refractivity contribution < 1.29 is 0 Å². The second kappa shape index (κ2) is 6.66. The highest BCUT2D eigenvalue weighted by Gasteiger charge is 2.38. The molecule has 1 aliphatic rings. The topological polar surface area (TPSA) is 120 Å². The Hall–Kier alpha value is -2.94. The third kappa shape index (κ3) is 3.50. The first-order valence-corrected chi connectivity index (χ1v) is 9.02. The maximum absolute atomic E-state index is 6.68. The first-order chi connectivity index (χ1) is 12.9. The summed E-state index contributed by atoms with van der Waals surface area (Å²) in [5.41, 5.74) is 8.76. The van der Waals surface area contributed by atoms with Crippen molar-refractivity contribution in [3.8, 4) is 5.69 Å². The zero-order chi connectivity index (χ0) is 19.0. The van der Waals surface area contributed by atoms with Gasteiger partial charge in [-0.15, -0.1) is 5.10 Å². The van der Waals surface area contributed by atoms with Crippen LogP contribution >= 0.6 is 0 Å². The Morgan fingerprint density at radius 2 is 2.00 bits per heavy atom. The predicted octanol–water partition coefficient (Wildman–Crippen LogP) is 1.59. The summed E-state index contributed by atoms with van der Waals surface area (Å²) < 4.78 is 1.79. The fourth-order valence-electron chi connectivity index (χ4n) is 3.58. The summed E-state index contributed by atoms with van der Waals surface area (Å²) in [7, 11) is 0. The van der Waals surface area contributed by atoms with Crippen LogP contribution in [0.3, 0.4) is 0 Å². The molecule has 0 radical (unpaired) electrons. The van der Waals surface area contributed by atoms with Crippen molar-refractivity contribution in [2.75, 3.05) is 5.32 Å². The van der Waals surface area contributed by atoms with E-state index in [-0.39, 0.29) is 6.04 Å². The Kier molecular flexibility index (Phi) is 4.31. The summed E-state index contributed by atoms with van der Waals surface area (Å²) in [6, 6.07) is 4.17. The molecular formula is C18H23N9. The van der Waals surface area contributed by atoms with Gasteiger partial charge >= 0.3 is 0 Å². The number of aryl methyl sites for hydroxylation is 3. The molecule has 140 valence electrons. The standard InChI is InChI=1S/C18H23N9/c1-11-9-21-17(25-24-11)23-14-6-7-18(19,8-14)16-5-4-15(10-20-16)27-13(3)22-12(2)26-27/h4-5,9-10,14H,6-8,19H2,1-3H3,(H,21,23,25). The lowest BCUT2D eigenvalue weighted by Gasteiger charge is -2.24. The van der Waals surface area contributed by atoms with Crippen molar-refractivity contribution in [3.05, 3.63) is 47.6 Å². The summed E-state index contributed by atoms with van der Waals surface area (Å²) in [6.07, 6.45) is 6.04. The van der Waals surface area contributed by atoms with E-state index in [0.29, 0.717) is 5.95 Å². The molecule has 4 rings (SSSR count). The van der Waals surface area contributed by atoms with E-state index in [9.17, 15) is 0 Å². The molecule has 3 heterocycles. The van der Waals surface area contributed by atoms with Crippen molar-refractivity contribution in [1.29, 1.82) is 0 Å². The quantitative estimate of drug-likeness (QED) is 0.715. The van der Waals surface area contributed by atoms with Gasteiger partial charge in [-0.3, -0.25) is 4.98 Å². The molecule has 2 atom stereocenters. The van der Waals surface area contributed by atoms with Gasteiger partial charge in [-0.2, -0.15) is 10.2 Å². The lowest BCUT2D eigenvalue weighted by atomic mass is 9.93. The minimum absolute atomic E-state index is 0.196. The summed E-state index contributed by atoms with van der Waals surface area (Å²) in [5.74, 6) is 2.11. The van der Waals surface area contributed by atoms with Gasteiger partial charge in [0, 0.05) is 6.04 Å². The zero-order valence-electron chi connectivity index (χ0n) is 15.7. The number of hydrogen-bond donors (Lipinski definition) is 2. The Labute approximate surface area is 157 Å². The van der Waals surface area contributed by atoms with Gasteiger partial charge in [0.15, 0.2) is 0 Å². The maximum atomic E-state index is 6.68. The molecule has 9 heteroatoms. The van der Waals surface area contributed by atoms with E-state index >= 15 is 0 Å². The molecule has 1 saturated carbocycles. The van der Waals surface area contributed by atoms with Crippen LogP contribution < -0.4 is 11.1 Å². The molecule has 3 aromatic heterocycles. The molecule has 0 spiro atoms. The molecule has 1 aliphatic carbocycles. The molecule has 9 nitrogen and oxygen atoms in total. The molecule has 0 saturated heterocycles. The average molecular weight is 365 g/mol. The zero-order valence-corrected chi connectivity index (χ0v) is 15.7. The van der Waals surface area contributed by atoms with Crippen molar-refractivity contribution >= 4 is 5.95 Å². The number of nitrogens with two attached hydrogens (primary N) is 1. The van der Waals surface area contributed by atoms with Gasteiger partial charge in [0.2, 0.25) is 5.95 Å². The third-order valence-electron chi connectivity index (χ3n) is 4.94. The Balaban J connectivity index is 1.48. The third-order valence-corrected chi connectivity index (χ3v) is 4.94. The summed E-state index contributed by atoms with van der Waals surface area (Å²) in [5, 5.41) is 15.8. The molecule has 0 aliphatic heterocycles. The van der Waals surface area contributed by atoms with Gasteiger partial charge in [0.25, 0.3) is 0 Å². The highest BCUT2D eigenvalue weighted by Crippen LogP contribution is 2.36. The first kappa shape index (κ1) is 17.5. The molecule has 1 fully saturated rings. The van der Waals surface area contributed by atoms with E-state index in [1.807, 2.05) is 32.9 Å². The molecule has 0 aromatic carbocycles. The van der Waals surface area contributed by atoms with Crippen LogP contribution in [0.2, 0.25) is 0 Å². The van der Waals surface area contributed by atoms with Crippen LogP contribution in [-0.4, -0.2) is 41.0 Å². The van der Waals surface area contributed by atoms with Gasteiger partial charge < -0.3 is 11.1 Å². The van der Waals surface area contributed by atoms with E-state index in [1.165, 1.54) is 0 Å². The number of nitrogens with zero attached hydrogens (tertiary/aromatic N) is 7. The monoisotopic (exact) mass is 365 g/mol. The second-order valence-electron chi connectivity index (χ2n) is 7.18. The summed E-state index contributed by atoms with van der Waals surface area (Å²) >= 11 is 0. The van der Waals surface area contributed by atoms with Crippen molar-refractivity contribution in [1.82, 2.24) is 34.9 Å². The van der Waals surface area contributed by atoms with Crippen molar-refractivity contribution in [2.45, 2.75) is 51.6 Å². The van der Waals surface area contributed by atoms with Crippen LogP contribution in [0.5, 0.6) is 0 Å². The SMILES string of the molecule is Cc1cnc(NC2CCC(N)(c3ccc(-n4nc(C)nc4C)cn3)C2)nn1. The molecule has 27 heavy (non-hydrogen) atoms. The number of anilines is 1. The Morgan fingerprint density at radius 3 is 2.63 bits per heavy atom. The predicted molar refractivity (Wildman–Crippen MR) is 100 cm³/mol. The Bertz CT molecular complexity index is 932. The molecular weight excluding hydrogens is 342 g/mol. The highest BCUT2D eigenvalue weighted by molar-refractivity contribution is 5.33. The van der Waals surface area contributed by atoms with E-state index in [0.717, 1.165) is 48.0 Å². The minimum Gasteiger partial charge on any atom is -0.350 e. The average Bonchev–Trinajstić information content (AvgIpc) is 3.20. The number of hydrogen-bond acceptors (Lipinski definition) is 8. The van der Waals surface area contributed by atoms with Crippen LogP contribution in [0.15, 0.2) is 24.5 Å². The van der Waals surface area contributed by atoms with Gasteiger partial charge in [-0.05, 0) is 52.2 Å². The van der Waals surface area contributed by atoms with E-state index < -0.39 is 5.54 Å². The van der Waals surface area contributed by atoms with E-state index in [4.69, 9.17) is 5.73 Å². The number of pyridine rings is 1. The fourth-order valence-corrected chi connectivity index (χ4v) is 3.58. The van der Waals surface area contributed by atoms with Crippen LogP contribution in [-0.2, 0) is 5.54 Å². The number of aromatic nitrogens is 7. The Morgan fingerprint density at radius 1 is 1.15 bits per heavy atom. The largest absolute Gasteiger partial charge is 0.350 e. The smallest absolute Gasteiger partial charge is 0.242 e. The van der Waals surface area contributed by atoms with Crippen molar-refractivity contribution in [2.24, 2.45) is 5.73 Å². The summed E-state index contributed by atoms with van der Waals surface area (Å²) in [4.78, 5) is 13.2. The highest BCUT2D eigenvalue weighted by atomic mass is 15.3. The first-order valence-electron chi connectivity index (χ1n) is 9.02. The minimum atomic E-state index is -0.471. The van der Waals surface area contributed by atoms with Gasteiger partial charge in [-0.25, -0.2) is 14.6 Å². The molecule has 2 unspecified atom stereocenters. The molecule has 0 bridgehead atoms. The van der Waals surface area contributed by atoms with Crippen molar-refractivity contribution in [3.63, 3.8) is 0 Å². The normalized spacial score (nSPS) is 22.1. The van der Waals surface area contributed by atoms with E-state index in [1.54, 1.807) is 17.1 Å². The fraction of sp³-hybridized carbons (Fsp3) is 0.444. The number of nitrogens with one attached hydrogen (secondary N) is 1. The van der Waals surface area contributed by atoms with E-state index in [2.05, 4.69) is 35.6 Å². The van der Waals surface area contributed by atoms with Gasteiger partial charge in [0.05, 0.1) is 35.0 Å². The molecule has 3 aromatic rings. The van der Waals surface area contributed by atoms with Gasteiger partial charge in [-0.1, -0.05) is 0 Å². The number of rotatable bonds is 4. The maximum Gasteiger partial charge on any atom is 0.242 e. The second-order valence-corrected chi connectivity index (χ2v) is 7.18.